The van der Waals surface area contributed by atoms with Crippen molar-refractivity contribution < 1.29 is 9.47 Å². The minimum atomic E-state index is 0.462. The number of aromatic nitrogens is 2. The van der Waals surface area contributed by atoms with Crippen molar-refractivity contribution in [3.05, 3.63) is 47.6 Å². The quantitative estimate of drug-likeness (QED) is 0.484. The summed E-state index contributed by atoms with van der Waals surface area (Å²) in [5.74, 6) is 1.23. The molecule has 4 rings (SSSR count). The molecule has 0 unspecified atom stereocenters. The first kappa shape index (κ1) is 18.0. The molecule has 2 aromatic heterocycles. The smallest absolute Gasteiger partial charge is 0.187 e. The predicted octanol–water partition coefficient (Wildman–Crippen LogP) is 5.26. The lowest BCUT2D eigenvalue weighted by molar-refractivity contribution is 0.290. The SMILES string of the molecule is CCOc1ccc2c(Nc3ccc4ncsc4c3)c(C#N)cnc2c1OCC. The number of ether oxygens (including phenoxy) is 2. The van der Waals surface area contributed by atoms with Gasteiger partial charge in [0, 0.05) is 17.3 Å². The van der Waals surface area contributed by atoms with E-state index in [1.807, 2.05) is 49.7 Å². The van der Waals surface area contributed by atoms with Gasteiger partial charge in [-0.2, -0.15) is 5.26 Å². The van der Waals surface area contributed by atoms with Crippen molar-refractivity contribution in [2.45, 2.75) is 13.8 Å². The van der Waals surface area contributed by atoms with Gasteiger partial charge >= 0.3 is 0 Å². The summed E-state index contributed by atoms with van der Waals surface area (Å²) in [6.45, 7) is 4.86. The molecule has 140 valence electrons. The second-order valence-electron chi connectivity index (χ2n) is 5.97. The predicted molar refractivity (Wildman–Crippen MR) is 112 cm³/mol. The van der Waals surface area contributed by atoms with Gasteiger partial charge in [-0.05, 0) is 44.2 Å². The maximum absolute atomic E-state index is 9.61. The summed E-state index contributed by atoms with van der Waals surface area (Å²) in [6.07, 6.45) is 1.56. The lowest BCUT2D eigenvalue weighted by Gasteiger charge is -2.16. The minimum Gasteiger partial charge on any atom is -0.490 e. The third-order valence-electron chi connectivity index (χ3n) is 4.27. The number of pyridine rings is 1. The van der Waals surface area contributed by atoms with Gasteiger partial charge in [-0.25, -0.2) is 4.98 Å². The fourth-order valence-electron chi connectivity index (χ4n) is 3.07. The Morgan fingerprint density at radius 3 is 2.75 bits per heavy atom. The molecular weight excluding hydrogens is 372 g/mol. The summed E-state index contributed by atoms with van der Waals surface area (Å²) in [5.41, 5.74) is 5.47. The molecule has 0 aliphatic carbocycles. The number of nitrogens with one attached hydrogen (secondary N) is 1. The maximum atomic E-state index is 9.61. The van der Waals surface area contributed by atoms with Crippen LogP contribution in [-0.2, 0) is 0 Å². The Kier molecular flexibility index (Phi) is 4.96. The largest absolute Gasteiger partial charge is 0.490 e. The summed E-state index contributed by atoms with van der Waals surface area (Å²) in [4.78, 5) is 8.79. The lowest BCUT2D eigenvalue weighted by Crippen LogP contribution is -2.02. The van der Waals surface area contributed by atoms with E-state index >= 15 is 0 Å². The van der Waals surface area contributed by atoms with Crippen molar-refractivity contribution in [2.75, 3.05) is 18.5 Å². The van der Waals surface area contributed by atoms with E-state index in [1.54, 1.807) is 17.5 Å². The van der Waals surface area contributed by atoms with Crippen molar-refractivity contribution in [1.29, 1.82) is 5.26 Å². The lowest BCUT2D eigenvalue weighted by atomic mass is 10.1. The average Bonchev–Trinajstić information content (AvgIpc) is 3.18. The molecular formula is C21H18N4O2S. The van der Waals surface area contributed by atoms with Crippen molar-refractivity contribution in [2.24, 2.45) is 0 Å². The van der Waals surface area contributed by atoms with Crippen LogP contribution >= 0.6 is 11.3 Å². The Morgan fingerprint density at radius 2 is 1.96 bits per heavy atom. The Morgan fingerprint density at radius 1 is 1.11 bits per heavy atom. The van der Waals surface area contributed by atoms with Gasteiger partial charge < -0.3 is 14.8 Å². The van der Waals surface area contributed by atoms with E-state index in [-0.39, 0.29) is 0 Å². The highest BCUT2D eigenvalue weighted by molar-refractivity contribution is 7.16. The minimum absolute atomic E-state index is 0.462. The van der Waals surface area contributed by atoms with Crippen LogP contribution in [0.5, 0.6) is 11.5 Å². The molecule has 0 atom stereocenters. The Hall–Kier alpha value is -3.37. The van der Waals surface area contributed by atoms with Crippen molar-refractivity contribution in [3.8, 4) is 17.6 Å². The number of thiazole rings is 1. The van der Waals surface area contributed by atoms with Crippen LogP contribution < -0.4 is 14.8 Å². The van der Waals surface area contributed by atoms with E-state index in [9.17, 15) is 5.26 Å². The molecule has 6 nitrogen and oxygen atoms in total. The molecule has 0 aliphatic heterocycles. The number of hydrogen-bond acceptors (Lipinski definition) is 7. The Bertz CT molecular complexity index is 1200. The fourth-order valence-corrected chi connectivity index (χ4v) is 3.79. The van der Waals surface area contributed by atoms with Crippen LogP contribution in [0.15, 0.2) is 42.0 Å². The van der Waals surface area contributed by atoms with Crippen LogP contribution in [0.25, 0.3) is 21.1 Å². The second kappa shape index (κ2) is 7.71. The van der Waals surface area contributed by atoms with E-state index in [2.05, 4.69) is 21.4 Å². The molecule has 0 amide bonds. The summed E-state index contributed by atoms with van der Waals surface area (Å²) >= 11 is 1.58. The molecule has 28 heavy (non-hydrogen) atoms. The molecule has 0 saturated heterocycles. The number of nitrogens with zero attached hydrogens (tertiary/aromatic N) is 3. The van der Waals surface area contributed by atoms with Crippen LogP contribution in [0.2, 0.25) is 0 Å². The molecule has 0 aliphatic rings. The Balaban J connectivity index is 1.87. The first-order chi connectivity index (χ1) is 13.7. The van der Waals surface area contributed by atoms with Crippen molar-refractivity contribution in [1.82, 2.24) is 9.97 Å². The van der Waals surface area contributed by atoms with Gasteiger partial charge in [0.05, 0.1) is 40.2 Å². The summed E-state index contributed by atoms with van der Waals surface area (Å²) in [7, 11) is 0. The third-order valence-corrected chi connectivity index (χ3v) is 5.06. The number of fused-ring (bicyclic) bond motifs is 2. The molecule has 7 heteroatoms. The molecule has 0 fully saturated rings. The van der Waals surface area contributed by atoms with Gasteiger partial charge in [0.25, 0.3) is 0 Å². The Labute approximate surface area is 166 Å². The molecule has 0 radical (unpaired) electrons. The molecule has 4 aromatic rings. The van der Waals surface area contributed by atoms with Gasteiger partial charge in [-0.3, -0.25) is 4.98 Å². The molecule has 1 N–H and O–H groups in total. The van der Waals surface area contributed by atoms with E-state index in [1.165, 1.54) is 0 Å². The second-order valence-corrected chi connectivity index (χ2v) is 6.86. The monoisotopic (exact) mass is 390 g/mol. The molecule has 2 heterocycles. The van der Waals surface area contributed by atoms with Crippen LogP contribution in [0, 0.1) is 11.3 Å². The number of rotatable bonds is 6. The highest BCUT2D eigenvalue weighted by Gasteiger charge is 2.17. The van der Waals surface area contributed by atoms with Crippen LogP contribution in [0.3, 0.4) is 0 Å². The van der Waals surface area contributed by atoms with Crippen molar-refractivity contribution >= 4 is 43.8 Å². The first-order valence-electron chi connectivity index (χ1n) is 8.96. The van der Waals surface area contributed by atoms with Crippen molar-refractivity contribution in [3.63, 3.8) is 0 Å². The van der Waals surface area contributed by atoms with Crippen LogP contribution in [-0.4, -0.2) is 23.2 Å². The average molecular weight is 390 g/mol. The number of benzene rings is 2. The number of nitriles is 1. The van der Waals surface area contributed by atoms with Gasteiger partial charge in [0.15, 0.2) is 11.5 Å². The summed E-state index contributed by atoms with van der Waals surface area (Å²) in [6, 6.07) is 11.9. The molecule has 2 aromatic carbocycles. The summed E-state index contributed by atoms with van der Waals surface area (Å²) < 4.78 is 12.6. The zero-order chi connectivity index (χ0) is 19.5. The number of anilines is 2. The van der Waals surface area contributed by atoms with Gasteiger partial charge in [-0.15, -0.1) is 11.3 Å². The highest BCUT2D eigenvalue weighted by Crippen LogP contribution is 2.39. The maximum Gasteiger partial charge on any atom is 0.187 e. The zero-order valence-electron chi connectivity index (χ0n) is 15.5. The van der Waals surface area contributed by atoms with E-state index in [0.717, 1.165) is 21.3 Å². The zero-order valence-corrected chi connectivity index (χ0v) is 16.3. The van der Waals surface area contributed by atoms with Gasteiger partial charge in [0.1, 0.15) is 11.6 Å². The van der Waals surface area contributed by atoms with Gasteiger partial charge in [-0.1, -0.05) is 0 Å². The normalized spacial score (nSPS) is 10.8. The van der Waals surface area contributed by atoms with E-state index in [4.69, 9.17) is 9.47 Å². The molecule has 0 saturated carbocycles. The first-order valence-corrected chi connectivity index (χ1v) is 9.84. The van der Waals surface area contributed by atoms with E-state index < -0.39 is 0 Å². The third kappa shape index (κ3) is 3.19. The molecule has 0 bridgehead atoms. The van der Waals surface area contributed by atoms with E-state index in [0.29, 0.717) is 41.5 Å². The summed E-state index contributed by atoms with van der Waals surface area (Å²) in [5, 5.41) is 13.8. The standard InChI is InChI=1S/C21H18N4O2S/c1-3-26-17-8-6-15-19(13(10-22)11-23-20(15)21(17)27-4-2)25-14-5-7-16-18(9-14)28-12-24-16/h5-9,11-12H,3-4H2,1-2H3,(H,23,25). The fraction of sp³-hybridized carbons (Fsp3) is 0.190. The topological polar surface area (TPSA) is 80.1 Å². The van der Waals surface area contributed by atoms with Gasteiger partial charge in [0.2, 0.25) is 0 Å². The number of hydrogen-bond donors (Lipinski definition) is 1. The van der Waals surface area contributed by atoms with Crippen LogP contribution in [0.1, 0.15) is 19.4 Å². The molecule has 0 spiro atoms. The highest BCUT2D eigenvalue weighted by atomic mass is 32.1. The van der Waals surface area contributed by atoms with Crippen LogP contribution in [0.4, 0.5) is 11.4 Å².